The zero-order chi connectivity index (χ0) is 14.1. The first-order valence-corrected chi connectivity index (χ1v) is 7.45. The highest BCUT2D eigenvalue weighted by Gasteiger charge is 2.14. The molecule has 20 heavy (non-hydrogen) atoms. The predicted octanol–water partition coefficient (Wildman–Crippen LogP) is 4.68. The average molecular weight is 286 g/mol. The number of aryl methyl sites for hydroxylation is 1. The van der Waals surface area contributed by atoms with Crippen molar-refractivity contribution in [3.05, 3.63) is 70.4 Å². The van der Waals surface area contributed by atoms with Crippen LogP contribution < -0.4 is 0 Å². The van der Waals surface area contributed by atoms with E-state index in [1.54, 1.807) is 6.07 Å². The average Bonchev–Trinajstić information content (AvgIpc) is 2.89. The van der Waals surface area contributed by atoms with E-state index < -0.39 is 6.10 Å². The number of hydrogen-bond donors (Lipinski definition) is 1. The summed E-state index contributed by atoms with van der Waals surface area (Å²) in [6.45, 7) is 2.10. The lowest BCUT2D eigenvalue weighted by Crippen LogP contribution is -1.96. The molecule has 1 unspecified atom stereocenters. The summed E-state index contributed by atoms with van der Waals surface area (Å²) in [4.78, 5) is 0.842. The summed E-state index contributed by atoms with van der Waals surface area (Å²) in [7, 11) is 0. The van der Waals surface area contributed by atoms with Crippen molar-refractivity contribution >= 4 is 21.4 Å². The van der Waals surface area contributed by atoms with Gasteiger partial charge >= 0.3 is 0 Å². The molecule has 0 aliphatic carbocycles. The molecule has 0 amide bonds. The van der Waals surface area contributed by atoms with Crippen LogP contribution in [0.4, 0.5) is 4.39 Å². The number of aliphatic hydroxyl groups excluding tert-OH is 1. The van der Waals surface area contributed by atoms with Gasteiger partial charge in [-0.25, -0.2) is 4.39 Å². The summed E-state index contributed by atoms with van der Waals surface area (Å²) in [5, 5.41) is 11.4. The van der Waals surface area contributed by atoms with Crippen LogP contribution in [0.15, 0.2) is 48.5 Å². The first kappa shape index (κ1) is 13.3. The van der Waals surface area contributed by atoms with Gasteiger partial charge in [0.2, 0.25) is 0 Å². The SMILES string of the molecule is CCc1ccc(C(O)c2cc3ccc(F)cc3s2)cc1. The lowest BCUT2D eigenvalue weighted by molar-refractivity contribution is 0.224. The summed E-state index contributed by atoms with van der Waals surface area (Å²) in [5.74, 6) is -0.243. The minimum atomic E-state index is -0.652. The minimum absolute atomic E-state index is 0.243. The second kappa shape index (κ2) is 5.35. The Labute approximate surface area is 121 Å². The summed E-state index contributed by atoms with van der Waals surface area (Å²) >= 11 is 1.43. The maximum atomic E-state index is 13.2. The van der Waals surface area contributed by atoms with E-state index in [9.17, 15) is 9.50 Å². The molecule has 3 heteroatoms. The molecule has 0 aliphatic heterocycles. The molecule has 0 saturated carbocycles. The van der Waals surface area contributed by atoms with Crippen LogP contribution in [0.1, 0.15) is 29.0 Å². The van der Waals surface area contributed by atoms with Crippen molar-refractivity contribution < 1.29 is 9.50 Å². The number of rotatable bonds is 3. The lowest BCUT2D eigenvalue weighted by Gasteiger charge is -2.09. The molecule has 0 spiro atoms. The second-order valence-corrected chi connectivity index (χ2v) is 5.94. The molecule has 1 nitrogen and oxygen atoms in total. The van der Waals surface area contributed by atoms with E-state index in [0.29, 0.717) is 0 Å². The number of hydrogen-bond acceptors (Lipinski definition) is 2. The third-order valence-electron chi connectivity index (χ3n) is 3.47. The van der Waals surface area contributed by atoms with Gasteiger partial charge < -0.3 is 5.11 Å². The topological polar surface area (TPSA) is 20.2 Å². The normalized spacial score (nSPS) is 12.8. The largest absolute Gasteiger partial charge is 0.383 e. The van der Waals surface area contributed by atoms with E-state index in [1.165, 1.54) is 29.0 Å². The highest BCUT2D eigenvalue weighted by Crippen LogP contribution is 2.33. The van der Waals surface area contributed by atoms with Gasteiger partial charge in [-0.05, 0) is 41.1 Å². The molecule has 2 aromatic carbocycles. The van der Waals surface area contributed by atoms with E-state index in [-0.39, 0.29) is 5.82 Å². The first-order valence-electron chi connectivity index (χ1n) is 6.63. The van der Waals surface area contributed by atoms with Gasteiger partial charge in [0, 0.05) is 9.58 Å². The molecular weight excluding hydrogens is 271 g/mol. The van der Waals surface area contributed by atoms with Crippen molar-refractivity contribution in [2.24, 2.45) is 0 Å². The van der Waals surface area contributed by atoms with Crippen molar-refractivity contribution in [3.63, 3.8) is 0 Å². The molecule has 0 saturated heterocycles. The Morgan fingerprint density at radius 3 is 2.55 bits per heavy atom. The Morgan fingerprint density at radius 2 is 1.85 bits per heavy atom. The van der Waals surface area contributed by atoms with Gasteiger partial charge in [-0.15, -0.1) is 11.3 Å². The number of fused-ring (bicyclic) bond motifs is 1. The summed E-state index contributed by atoms with van der Waals surface area (Å²) in [6.07, 6.45) is 0.333. The molecule has 1 atom stereocenters. The number of thiophene rings is 1. The molecule has 3 rings (SSSR count). The predicted molar refractivity (Wildman–Crippen MR) is 81.7 cm³/mol. The van der Waals surface area contributed by atoms with Crippen LogP contribution in [0.2, 0.25) is 0 Å². The lowest BCUT2D eigenvalue weighted by atomic mass is 10.0. The van der Waals surface area contributed by atoms with E-state index in [1.807, 2.05) is 30.3 Å². The third kappa shape index (κ3) is 2.47. The molecule has 1 N–H and O–H groups in total. The van der Waals surface area contributed by atoms with Crippen LogP contribution in [0, 0.1) is 5.82 Å². The molecule has 0 fully saturated rings. The summed E-state index contributed by atoms with van der Waals surface area (Å²) in [6, 6.07) is 14.6. The summed E-state index contributed by atoms with van der Waals surface area (Å²) < 4.78 is 14.1. The Bertz CT molecular complexity index is 730. The Hall–Kier alpha value is -1.71. The second-order valence-electron chi connectivity index (χ2n) is 4.83. The molecule has 0 aliphatic rings. The number of benzene rings is 2. The zero-order valence-electron chi connectivity index (χ0n) is 11.1. The minimum Gasteiger partial charge on any atom is -0.383 e. The fourth-order valence-corrected chi connectivity index (χ4v) is 3.36. The maximum Gasteiger partial charge on any atom is 0.124 e. The van der Waals surface area contributed by atoms with Gasteiger partial charge in [0.1, 0.15) is 11.9 Å². The van der Waals surface area contributed by atoms with Crippen LogP contribution in [0.5, 0.6) is 0 Å². The maximum absolute atomic E-state index is 13.2. The van der Waals surface area contributed by atoms with Gasteiger partial charge in [0.25, 0.3) is 0 Å². The van der Waals surface area contributed by atoms with Crippen molar-refractivity contribution in [1.82, 2.24) is 0 Å². The molecule has 0 radical (unpaired) electrons. The molecule has 1 heterocycles. The van der Waals surface area contributed by atoms with Gasteiger partial charge in [-0.3, -0.25) is 0 Å². The Kier molecular flexibility index (Phi) is 3.55. The quantitative estimate of drug-likeness (QED) is 0.741. The van der Waals surface area contributed by atoms with Crippen molar-refractivity contribution in [1.29, 1.82) is 0 Å². The summed E-state index contributed by atoms with van der Waals surface area (Å²) in [5.41, 5.74) is 2.12. The van der Waals surface area contributed by atoms with E-state index >= 15 is 0 Å². The fourth-order valence-electron chi connectivity index (χ4n) is 2.26. The zero-order valence-corrected chi connectivity index (χ0v) is 12.0. The van der Waals surface area contributed by atoms with Crippen molar-refractivity contribution in [2.45, 2.75) is 19.4 Å². The van der Waals surface area contributed by atoms with Crippen LogP contribution in [0.25, 0.3) is 10.1 Å². The van der Waals surface area contributed by atoms with Crippen molar-refractivity contribution in [3.8, 4) is 0 Å². The van der Waals surface area contributed by atoms with Crippen LogP contribution >= 0.6 is 11.3 Å². The fraction of sp³-hybridized carbons (Fsp3) is 0.176. The Balaban J connectivity index is 1.96. The first-order chi connectivity index (χ1) is 9.67. The van der Waals surface area contributed by atoms with Gasteiger partial charge in [0.05, 0.1) is 0 Å². The van der Waals surface area contributed by atoms with Gasteiger partial charge in [-0.1, -0.05) is 37.3 Å². The highest BCUT2D eigenvalue weighted by molar-refractivity contribution is 7.19. The van der Waals surface area contributed by atoms with E-state index in [4.69, 9.17) is 0 Å². The number of halogens is 1. The Morgan fingerprint density at radius 1 is 1.10 bits per heavy atom. The smallest absolute Gasteiger partial charge is 0.124 e. The van der Waals surface area contributed by atoms with E-state index in [2.05, 4.69) is 6.92 Å². The monoisotopic (exact) mass is 286 g/mol. The molecular formula is C17H15FOS. The molecule has 1 aromatic heterocycles. The van der Waals surface area contributed by atoms with Crippen LogP contribution in [-0.2, 0) is 6.42 Å². The number of aliphatic hydroxyl groups is 1. The van der Waals surface area contributed by atoms with Crippen molar-refractivity contribution in [2.75, 3.05) is 0 Å². The van der Waals surface area contributed by atoms with E-state index in [0.717, 1.165) is 26.9 Å². The molecule has 102 valence electrons. The molecule has 0 bridgehead atoms. The van der Waals surface area contributed by atoms with Gasteiger partial charge in [-0.2, -0.15) is 0 Å². The standard InChI is InChI=1S/C17H15FOS/c1-2-11-3-5-12(6-4-11)17(19)16-9-13-7-8-14(18)10-15(13)20-16/h3-10,17,19H,2H2,1H3. The van der Waals surface area contributed by atoms with Crippen LogP contribution in [0.3, 0.4) is 0 Å². The third-order valence-corrected chi connectivity index (χ3v) is 4.62. The highest BCUT2D eigenvalue weighted by atomic mass is 32.1. The van der Waals surface area contributed by atoms with Gasteiger partial charge in [0.15, 0.2) is 0 Å². The van der Waals surface area contributed by atoms with Crippen LogP contribution in [-0.4, -0.2) is 5.11 Å². The molecule has 3 aromatic rings.